The maximum absolute atomic E-state index is 5.36. The highest BCUT2D eigenvalue weighted by Gasteiger charge is 2.24. The van der Waals surface area contributed by atoms with Crippen LogP contribution in [0.4, 0.5) is 0 Å². The molecule has 1 atom stereocenters. The molecule has 0 aromatic carbocycles. The summed E-state index contributed by atoms with van der Waals surface area (Å²) in [4.78, 5) is 2.21. The zero-order valence-electron chi connectivity index (χ0n) is 9.25. The standard InChI is InChI=1S/C10H20N2S2/c1-4-9(7-14-3)12(2)10(13)11-8-5-6-8/h8-9H,4-7H2,1-3H3,(H,11,13). The highest BCUT2D eigenvalue weighted by atomic mass is 32.2. The van der Waals surface area contributed by atoms with Gasteiger partial charge in [-0.1, -0.05) is 6.92 Å². The maximum Gasteiger partial charge on any atom is 0.169 e. The Hall–Kier alpha value is 0.0400. The van der Waals surface area contributed by atoms with Crippen LogP contribution in [0.2, 0.25) is 0 Å². The van der Waals surface area contributed by atoms with E-state index in [4.69, 9.17) is 12.2 Å². The molecule has 1 aliphatic rings. The minimum absolute atomic E-state index is 0.573. The lowest BCUT2D eigenvalue weighted by atomic mass is 10.2. The average molecular weight is 232 g/mol. The first-order valence-electron chi connectivity index (χ1n) is 5.21. The Morgan fingerprint density at radius 1 is 1.64 bits per heavy atom. The summed E-state index contributed by atoms with van der Waals surface area (Å²) < 4.78 is 0. The van der Waals surface area contributed by atoms with Gasteiger partial charge in [0.05, 0.1) is 0 Å². The number of thioether (sulfide) groups is 1. The molecule has 1 unspecified atom stereocenters. The second-order valence-corrected chi connectivity index (χ2v) is 5.15. The van der Waals surface area contributed by atoms with E-state index in [0.717, 1.165) is 17.3 Å². The smallest absolute Gasteiger partial charge is 0.169 e. The van der Waals surface area contributed by atoms with E-state index in [0.29, 0.717) is 12.1 Å². The first-order valence-corrected chi connectivity index (χ1v) is 7.01. The second kappa shape index (κ2) is 5.81. The van der Waals surface area contributed by atoms with Crippen molar-refractivity contribution in [1.82, 2.24) is 10.2 Å². The van der Waals surface area contributed by atoms with Gasteiger partial charge in [0, 0.05) is 24.9 Å². The van der Waals surface area contributed by atoms with Gasteiger partial charge in [0.15, 0.2) is 5.11 Å². The van der Waals surface area contributed by atoms with Gasteiger partial charge >= 0.3 is 0 Å². The second-order valence-electron chi connectivity index (χ2n) is 3.85. The molecule has 0 amide bonds. The summed E-state index contributed by atoms with van der Waals surface area (Å²) in [5.74, 6) is 1.15. The molecule has 0 radical (unpaired) electrons. The van der Waals surface area contributed by atoms with Gasteiger partial charge in [-0.2, -0.15) is 11.8 Å². The van der Waals surface area contributed by atoms with Crippen LogP contribution in [0.3, 0.4) is 0 Å². The molecule has 0 saturated heterocycles. The van der Waals surface area contributed by atoms with E-state index in [-0.39, 0.29) is 0 Å². The van der Waals surface area contributed by atoms with Crippen LogP contribution in [0, 0.1) is 0 Å². The van der Waals surface area contributed by atoms with Crippen molar-refractivity contribution in [1.29, 1.82) is 0 Å². The monoisotopic (exact) mass is 232 g/mol. The minimum atomic E-state index is 0.573. The molecule has 0 bridgehead atoms. The largest absolute Gasteiger partial charge is 0.360 e. The van der Waals surface area contributed by atoms with Crippen LogP contribution >= 0.6 is 24.0 Å². The Bertz CT molecular complexity index is 193. The summed E-state index contributed by atoms with van der Waals surface area (Å²) in [6.45, 7) is 2.22. The predicted octanol–water partition coefficient (Wildman–Crippen LogP) is 2.10. The van der Waals surface area contributed by atoms with Gasteiger partial charge in [0.1, 0.15) is 0 Å². The van der Waals surface area contributed by atoms with Crippen LogP contribution in [0.25, 0.3) is 0 Å². The van der Waals surface area contributed by atoms with Crippen LogP contribution in [0.5, 0.6) is 0 Å². The lowest BCUT2D eigenvalue weighted by molar-refractivity contribution is 0.380. The average Bonchev–Trinajstić information content (AvgIpc) is 2.96. The van der Waals surface area contributed by atoms with Crippen molar-refractivity contribution in [2.24, 2.45) is 0 Å². The third-order valence-corrected chi connectivity index (χ3v) is 3.73. The molecular weight excluding hydrogens is 212 g/mol. The van der Waals surface area contributed by atoms with Crippen LogP contribution in [0.15, 0.2) is 0 Å². The van der Waals surface area contributed by atoms with E-state index in [1.54, 1.807) is 0 Å². The van der Waals surface area contributed by atoms with Crippen molar-refractivity contribution >= 4 is 29.1 Å². The fourth-order valence-electron chi connectivity index (χ4n) is 1.37. The van der Waals surface area contributed by atoms with Gasteiger partial charge in [-0.25, -0.2) is 0 Å². The van der Waals surface area contributed by atoms with E-state index in [1.807, 2.05) is 11.8 Å². The van der Waals surface area contributed by atoms with Gasteiger partial charge in [0.25, 0.3) is 0 Å². The lowest BCUT2D eigenvalue weighted by Gasteiger charge is -2.29. The molecule has 1 N–H and O–H groups in total. The highest BCUT2D eigenvalue weighted by molar-refractivity contribution is 7.98. The molecule has 0 heterocycles. The zero-order valence-corrected chi connectivity index (χ0v) is 10.9. The van der Waals surface area contributed by atoms with Crippen LogP contribution in [-0.2, 0) is 0 Å². The number of thiocarbonyl (C=S) groups is 1. The molecule has 0 aromatic heterocycles. The maximum atomic E-state index is 5.36. The van der Waals surface area contributed by atoms with Gasteiger partial charge in [-0.15, -0.1) is 0 Å². The van der Waals surface area contributed by atoms with Crippen molar-refractivity contribution in [3.8, 4) is 0 Å². The van der Waals surface area contributed by atoms with Crippen LogP contribution < -0.4 is 5.32 Å². The zero-order chi connectivity index (χ0) is 10.6. The van der Waals surface area contributed by atoms with Crippen molar-refractivity contribution in [2.75, 3.05) is 19.1 Å². The molecule has 2 nitrogen and oxygen atoms in total. The number of hydrogen-bond donors (Lipinski definition) is 1. The summed E-state index contributed by atoms with van der Waals surface area (Å²) in [6.07, 6.45) is 5.87. The van der Waals surface area contributed by atoms with Crippen LogP contribution in [0.1, 0.15) is 26.2 Å². The fraction of sp³-hybridized carbons (Fsp3) is 0.900. The van der Waals surface area contributed by atoms with Gasteiger partial charge < -0.3 is 10.2 Å². The van der Waals surface area contributed by atoms with E-state index in [1.165, 1.54) is 12.8 Å². The summed E-state index contributed by atoms with van der Waals surface area (Å²) in [6, 6.07) is 1.24. The molecule has 0 aromatic rings. The van der Waals surface area contributed by atoms with E-state index < -0.39 is 0 Å². The Labute approximate surface area is 96.8 Å². The highest BCUT2D eigenvalue weighted by Crippen LogP contribution is 2.19. The Morgan fingerprint density at radius 3 is 2.71 bits per heavy atom. The molecule has 1 fully saturated rings. The topological polar surface area (TPSA) is 15.3 Å². The Morgan fingerprint density at radius 2 is 2.29 bits per heavy atom. The summed E-state index contributed by atoms with van der Waals surface area (Å²) >= 11 is 7.24. The number of nitrogens with zero attached hydrogens (tertiary/aromatic N) is 1. The first kappa shape index (κ1) is 12.1. The number of hydrogen-bond acceptors (Lipinski definition) is 2. The van der Waals surface area contributed by atoms with E-state index in [2.05, 4.69) is 30.4 Å². The summed E-state index contributed by atoms with van der Waals surface area (Å²) in [5.41, 5.74) is 0. The molecule has 4 heteroatoms. The van der Waals surface area contributed by atoms with Crippen LogP contribution in [-0.4, -0.2) is 41.2 Å². The van der Waals surface area contributed by atoms with Gasteiger partial charge in [0.2, 0.25) is 0 Å². The van der Waals surface area contributed by atoms with Gasteiger partial charge in [-0.05, 0) is 37.7 Å². The SMILES string of the molecule is CCC(CSC)N(C)C(=S)NC1CC1. The summed E-state index contributed by atoms with van der Waals surface area (Å²) in [5, 5.41) is 4.30. The molecule has 1 rings (SSSR count). The molecule has 0 aliphatic heterocycles. The first-order chi connectivity index (χ1) is 6.69. The minimum Gasteiger partial charge on any atom is -0.360 e. The Kier molecular flexibility index (Phi) is 5.02. The number of nitrogens with one attached hydrogen (secondary N) is 1. The molecule has 14 heavy (non-hydrogen) atoms. The van der Waals surface area contributed by atoms with Crippen molar-refractivity contribution in [3.05, 3.63) is 0 Å². The molecular formula is C10H20N2S2. The van der Waals surface area contributed by atoms with E-state index in [9.17, 15) is 0 Å². The lowest BCUT2D eigenvalue weighted by Crippen LogP contribution is -2.45. The van der Waals surface area contributed by atoms with Gasteiger partial charge in [-0.3, -0.25) is 0 Å². The molecule has 1 aliphatic carbocycles. The van der Waals surface area contributed by atoms with Crippen molar-refractivity contribution in [3.63, 3.8) is 0 Å². The van der Waals surface area contributed by atoms with E-state index >= 15 is 0 Å². The number of rotatable bonds is 5. The quantitative estimate of drug-likeness (QED) is 0.730. The molecule has 1 saturated carbocycles. The normalized spacial score (nSPS) is 17.6. The molecule has 82 valence electrons. The molecule has 0 spiro atoms. The predicted molar refractivity (Wildman–Crippen MR) is 69.0 cm³/mol. The third-order valence-electron chi connectivity index (χ3n) is 2.60. The summed E-state index contributed by atoms with van der Waals surface area (Å²) in [7, 11) is 2.10. The Balaban J connectivity index is 2.34. The van der Waals surface area contributed by atoms with Crippen molar-refractivity contribution < 1.29 is 0 Å². The fourth-order valence-corrected chi connectivity index (χ4v) is 2.53. The third kappa shape index (κ3) is 3.65. The van der Waals surface area contributed by atoms with Crippen molar-refractivity contribution in [2.45, 2.75) is 38.3 Å².